The van der Waals surface area contributed by atoms with Gasteiger partial charge in [0.25, 0.3) is 0 Å². The van der Waals surface area contributed by atoms with Crippen LogP contribution in [0.4, 0.5) is 0 Å². The molecule has 2 aromatic carbocycles. The van der Waals surface area contributed by atoms with E-state index in [1.54, 1.807) is 0 Å². The number of benzene rings is 2. The molecule has 0 fully saturated rings. The highest BCUT2D eigenvalue weighted by atomic mass is 16.3. The lowest BCUT2D eigenvalue weighted by Crippen LogP contribution is -2.33. The number of hydrogen-bond acceptors (Lipinski definition) is 1. The molecule has 0 saturated heterocycles. The van der Waals surface area contributed by atoms with Crippen LogP contribution in [-0.4, -0.2) is 10.1 Å². The zero-order valence-corrected chi connectivity index (χ0v) is 11.3. The average molecular weight is 263 g/mol. The second kappa shape index (κ2) is 4.22. The minimum absolute atomic E-state index is 0.690. The van der Waals surface area contributed by atoms with Gasteiger partial charge in [0.2, 0.25) is 0 Å². The van der Waals surface area contributed by atoms with Gasteiger partial charge >= 0.3 is 0 Å². The van der Waals surface area contributed by atoms with Crippen LogP contribution < -0.4 is 0 Å². The van der Waals surface area contributed by atoms with Crippen molar-refractivity contribution >= 4 is 10.9 Å². The smallest absolute Gasteiger partial charge is 0.109 e. The highest BCUT2D eigenvalue weighted by Crippen LogP contribution is 2.37. The predicted molar refractivity (Wildman–Crippen MR) is 80.7 cm³/mol. The molecule has 2 nitrogen and oxygen atoms in total. The quantitative estimate of drug-likeness (QED) is 0.692. The maximum absolute atomic E-state index is 11.1. The molecule has 3 aromatic rings. The first kappa shape index (κ1) is 11.7. The molecule has 0 aliphatic heterocycles. The Morgan fingerprint density at radius 2 is 1.70 bits per heavy atom. The second-order valence-electron chi connectivity index (χ2n) is 5.75. The largest absolute Gasteiger partial charge is 0.383 e. The van der Waals surface area contributed by atoms with Gasteiger partial charge in [0.15, 0.2) is 0 Å². The molecule has 1 heterocycles. The molecule has 0 unspecified atom stereocenters. The van der Waals surface area contributed by atoms with E-state index in [-0.39, 0.29) is 0 Å². The van der Waals surface area contributed by atoms with E-state index >= 15 is 0 Å². The zero-order chi connectivity index (χ0) is 13.6. The van der Waals surface area contributed by atoms with Crippen molar-refractivity contribution in [1.29, 1.82) is 0 Å². The fraction of sp³-hybridized carbons (Fsp3) is 0.222. The molecule has 0 spiro atoms. The van der Waals surface area contributed by atoms with Crippen LogP contribution in [0.2, 0.25) is 0 Å². The Balaban J connectivity index is 1.78. The first-order valence-electron chi connectivity index (χ1n) is 7.12. The number of H-pyrrole nitrogens is 1. The molecule has 2 heteroatoms. The summed E-state index contributed by atoms with van der Waals surface area (Å²) in [6.45, 7) is 0. The minimum Gasteiger partial charge on any atom is -0.383 e. The molecule has 0 saturated carbocycles. The van der Waals surface area contributed by atoms with Gasteiger partial charge in [-0.1, -0.05) is 42.5 Å². The molecule has 0 radical (unpaired) electrons. The Bertz CT molecular complexity index is 741. The highest BCUT2D eigenvalue weighted by Gasteiger charge is 2.34. The van der Waals surface area contributed by atoms with Gasteiger partial charge in [-0.05, 0) is 41.5 Å². The van der Waals surface area contributed by atoms with E-state index in [9.17, 15) is 5.11 Å². The van der Waals surface area contributed by atoms with Crippen molar-refractivity contribution in [2.75, 3.05) is 0 Å². The number of hydrogen-bond donors (Lipinski definition) is 2. The van der Waals surface area contributed by atoms with Crippen molar-refractivity contribution in [3.05, 3.63) is 71.4 Å². The summed E-state index contributed by atoms with van der Waals surface area (Å²) in [5.74, 6) is 0. The lowest BCUT2D eigenvalue weighted by molar-refractivity contribution is 0.0187. The maximum Gasteiger partial charge on any atom is 0.109 e. The Labute approximate surface area is 118 Å². The summed E-state index contributed by atoms with van der Waals surface area (Å²) in [4.78, 5) is 3.39. The van der Waals surface area contributed by atoms with Gasteiger partial charge in [-0.3, -0.25) is 0 Å². The number of rotatable bonds is 1. The number of para-hydroxylation sites is 1. The van der Waals surface area contributed by atoms with E-state index in [2.05, 4.69) is 47.4 Å². The van der Waals surface area contributed by atoms with Crippen LogP contribution in [0, 0.1) is 0 Å². The molecule has 4 rings (SSSR count). The number of fused-ring (bicyclic) bond motifs is 2. The fourth-order valence-corrected chi connectivity index (χ4v) is 3.27. The van der Waals surface area contributed by atoms with Crippen LogP contribution in [0.1, 0.15) is 23.2 Å². The summed E-state index contributed by atoms with van der Waals surface area (Å²) in [6.07, 6.45) is 2.40. The molecule has 1 aromatic heterocycles. The third kappa shape index (κ3) is 1.76. The van der Waals surface area contributed by atoms with E-state index in [4.69, 9.17) is 0 Å². The summed E-state index contributed by atoms with van der Waals surface area (Å²) in [6, 6.07) is 18.7. The summed E-state index contributed by atoms with van der Waals surface area (Å²) in [7, 11) is 0. The predicted octanol–water partition coefficient (Wildman–Crippen LogP) is 3.54. The van der Waals surface area contributed by atoms with Crippen molar-refractivity contribution in [2.24, 2.45) is 0 Å². The van der Waals surface area contributed by atoms with Gasteiger partial charge in [0.1, 0.15) is 5.60 Å². The van der Waals surface area contributed by atoms with E-state index in [1.165, 1.54) is 11.1 Å². The summed E-state index contributed by atoms with van der Waals surface area (Å²) in [5.41, 5.74) is 3.89. The average Bonchev–Trinajstić information content (AvgIpc) is 2.92. The lowest BCUT2D eigenvalue weighted by atomic mass is 9.79. The Hall–Kier alpha value is -2.06. The zero-order valence-electron chi connectivity index (χ0n) is 11.3. The van der Waals surface area contributed by atoms with Gasteiger partial charge in [0.05, 0.1) is 0 Å². The number of aryl methyl sites for hydroxylation is 1. The molecule has 0 amide bonds. The van der Waals surface area contributed by atoms with Gasteiger partial charge in [-0.2, -0.15) is 0 Å². The van der Waals surface area contributed by atoms with Crippen LogP contribution >= 0.6 is 0 Å². The third-order valence-electron chi connectivity index (χ3n) is 4.44. The summed E-state index contributed by atoms with van der Waals surface area (Å²) in [5, 5.41) is 12.2. The summed E-state index contributed by atoms with van der Waals surface area (Å²) >= 11 is 0. The Morgan fingerprint density at radius 1 is 0.950 bits per heavy atom. The van der Waals surface area contributed by atoms with Crippen molar-refractivity contribution in [1.82, 2.24) is 4.98 Å². The third-order valence-corrected chi connectivity index (χ3v) is 4.44. The van der Waals surface area contributed by atoms with Crippen molar-refractivity contribution < 1.29 is 5.11 Å². The van der Waals surface area contributed by atoms with Crippen LogP contribution in [0.25, 0.3) is 10.9 Å². The second-order valence-corrected chi connectivity index (χ2v) is 5.75. The number of aliphatic hydroxyl groups is 1. The van der Waals surface area contributed by atoms with Crippen LogP contribution in [0.15, 0.2) is 54.6 Å². The van der Waals surface area contributed by atoms with Gasteiger partial charge < -0.3 is 10.1 Å². The normalized spacial score (nSPS) is 21.9. The molecular weight excluding hydrogens is 246 g/mol. The van der Waals surface area contributed by atoms with Crippen LogP contribution in [0.3, 0.4) is 0 Å². The van der Waals surface area contributed by atoms with Crippen molar-refractivity contribution in [2.45, 2.75) is 24.9 Å². The number of nitrogens with one attached hydrogen (secondary N) is 1. The molecule has 100 valence electrons. The van der Waals surface area contributed by atoms with E-state index < -0.39 is 5.60 Å². The van der Waals surface area contributed by atoms with Crippen LogP contribution in [-0.2, 0) is 18.4 Å². The Kier molecular flexibility index (Phi) is 2.48. The van der Waals surface area contributed by atoms with Gasteiger partial charge in [-0.25, -0.2) is 0 Å². The molecular formula is C18H17NO. The van der Waals surface area contributed by atoms with Crippen LogP contribution in [0.5, 0.6) is 0 Å². The van der Waals surface area contributed by atoms with Crippen molar-refractivity contribution in [3.63, 3.8) is 0 Å². The van der Waals surface area contributed by atoms with Crippen molar-refractivity contribution in [3.8, 4) is 0 Å². The molecule has 1 aliphatic rings. The molecule has 20 heavy (non-hydrogen) atoms. The molecule has 2 N–H and O–H groups in total. The maximum atomic E-state index is 11.1. The topological polar surface area (TPSA) is 36.0 Å². The SMILES string of the molecule is O[C@@]1(c2cc3ccccc3[nH]2)CCc2ccccc2C1. The lowest BCUT2D eigenvalue weighted by Gasteiger charge is -2.32. The van der Waals surface area contributed by atoms with Gasteiger partial charge in [-0.15, -0.1) is 0 Å². The Morgan fingerprint density at radius 3 is 2.55 bits per heavy atom. The monoisotopic (exact) mass is 263 g/mol. The minimum atomic E-state index is -0.770. The summed E-state index contributed by atoms with van der Waals surface area (Å²) < 4.78 is 0. The molecule has 1 aliphatic carbocycles. The van der Waals surface area contributed by atoms with E-state index in [1.807, 2.05) is 12.1 Å². The standard InChI is InChI=1S/C18H17NO/c20-18(10-9-13-5-1-2-7-15(13)12-18)17-11-14-6-3-4-8-16(14)19-17/h1-8,11,19-20H,9-10,12H2/t18-/m0/s1. The first-order chi connectivity index (χ1) is 9.74. The van der Waals surface area contributed by atoms with Gasteiger partial charge in [0, 0.05) is 17.6 Å². The fourth-order valence-electron chi connectivity index (χ4n) is 3.27. The van der Waals surface area contributed by atoms with E-state index in [0.29, 0.717) is 6.42 Å². The molecule has 0 bridgehead atoms. The number of aromatic nitrogens is 1. The highest BCUT2D eigenvalue weighted by molar-refractivity contribution is 5.80. The van der Waals surface area contributed by atoms with E-state index in [0.717, 1.165) is 29.4 Å². The first-order valence-corrected chi connectivity index (χ1v) is 7.12. The number of aromatic amines is 1. The molecule has 1 atom stereocenters.